The minimum absolute atomic E-state index is 0.202. The number of nitrogens with one attached hydrogen (secondary N) is 1. The minimum atomic E-state index is -0.202. The molecule has 5 nitrogen and oxygen atoms in total. The molecule has 0 unspecified atom stereocenters. The van der Waals surface area contributed by atoms with E-state index in [4.69, 9.17) is 9.68 Å². The molecule has 1 aromatic heterocycles. The van der Waals surface area contributed by atoms with Gasteiger partial charge in [-0.25, -0.2) is 0 Å². The van der Waals surface area contributed by atoms with Crippen molar-refractivity contribution in [2.45, 2.75) is 13.5 Å². The Kier molecular flexibility index (Phi) is 3.86. The fourth-order valence-corrected chi connectivity index (χ4v) is 3.09. The number of amides is 1. The summed E-state index contributed by atoms with van der Waals surface area (Å²) in [6.07, 6.45) is 3.29. The molecule has 1 aliphatic heterocycles. The first-order valence-electron chi connectivity index (χ1n) is 8.18. The van der Waals surface area contributed by atoms with Crippen LogP contribution in [0, 0.1) is 18.3 Å². The molecule has 0 fully saturated rings. The summed E-state index contributed by atoms with van der Waals surface area (Å²) in [5.41, 5.74) is 6.48. The van der Waals surface area contributed by atoms with Crippen LogP contribution < -0.4 is 5.32 Å². The first kappa shape index (κ1) is 15.9. The summed E-state index contributed by atoms with van der Waals surface area (Å²) < 4.78 is 5.15. The van der Waals surface area contributed by atoms with E-state index in [1.54, 1.807) is 30.7 Å². The highest BCUT2D eigenvalue weighted by atomic mass is 16.3. The molecule has 0 saturated heterocycles. The third kappa shape index (κ3) is 2.78. The highest BCUT2D eigenvalue weighted by Crippen LogP contribution is 2.26. The second-order valence-corrected chi connectivity index (χ2v) is 6.14. The molecule has 1 N–H and O–H groups in total. The Bertz CT molecular complexity index is 1070. The number of rotatable bonds is 3. The quantitative estimate of drug-likeness (QED) is 0.780. The standard InChI is InChI=1S/C21H15N3O2/c1-13-8-14(10-22)2-5-18(13)21(25)24-17-4-3-15-11-23-20(19(15)9-17)16-6-7-26-12-16/h2-9,12H,11H2,1H3,(H,24,25). The Labute approximate surface area is 150 Å². The number of furan rings is 1. The van der Waals surface area contributed by atoms with E-state index in [2.05, 4.69) is 16.4 Å². The van der Waals surface area contributed by atoms with Gasteiger partial charge in [-0.2, -0.15) is 5.26 Å². The number of nitrogens with zero attached hydrogens (tertiary/aromatic N) is 2. The number of carbonyl (C=O) groups excluding carboxylic acids is 1. The average molecular weight is 341 g/mol. The van der Waals surface area contributed by atoms with Gasteiger partial charge < -0.3 is 9.73 Å². The zero-order valence-electron chi connectivity index (χ0n) is 14.1. The molecular weight excluding hydrogens is 326 g/mol. The van der Waals surface area contributed by atoms with Crippen LogP contribution in [0.25, 0.3) is 0 Å². The highest BCUT2D eigenvalue weighted by Gasteiger charge is 2.19. The summed E-state index contributed by atoms with van der Waals surface area (Å²) in [6.45, 7) is 2.45. The molecule has 2 aromatic carbocycles. The molecule has 0 bridgehead atoms. The van der Waals surface area contributed by atoms with E-state index in [1.165, 1.54) is 0 Å². The van der Waals surface area contributed by atoms with Gasteiger partial charge in [0, 0.05) is 22.4 Å². The van der Waals surface area contributed by atoms with Crippen LogP contribution in [0.4, 0.5) is 5.69 Å². The van der Waals surface area contributed by atoms with Gasteiger partial charge in [0.05, 0.1) is 36.4 Å². The van der Waals surface area contributed by atoms with E-state index in [-0.39, 0.29) is 5.91 Å². The molecule has 4 rings (SSSR count). The number of anilines is 1. The van der Waals surface area contributed by atoms with E-state index in [1.807, 2.05) is 31.2 Å². The molecule has 0 radical (unpaired) electrons. The van der Waals surface area contributed by atoms with Crippen LogP contribution in [0.2, 0.25) is 0 Å². The van der Waals surface area contributed by atoms with Crippen molar-refractivity contribution in [3.8, 4) is 6.07 Å². The topological polar surface area (TPSA) is 78.4 Å². The van der Waals surface area contributed by atoms with E-state index in [0.29, 0.717) is 23.4 Å². The Balaban J connectivity index is 1.61. The number of aliphatic imine (C=N–C) groups is 1. The highest BCUT2D eigenvalue weighted by molar-refractivity contribution is 6.16. The smallest absolute Gasteiger partial charge is 0.255 e. The predicted molar refractivity (Wildman–Crippen MR) is 98.3 cm³/mol. The van der Waals surface area contributed by atoms with Crippen molar-refractivity contribution in [2.75, 3.05) is 5.32 Å². The lowest BCUT2D eigenvalue weighted by Gasteiger charge is -2.10. The van der Waals surface area contributed by atoms with Crippen LogP contribution in [0.3, 0.4) is 0 Å². The number of aryl methyl sites for hydroxylation is 1. The molecule has 1 amide bonds. The average Bonchev–Trinajstić information content (AvgIpc) is 3.30. The monoisotopic (exact) mass is 341 g/mol. The summed E-state index contributed by atoms with van der Waals surface area (Å²) >= 11 is 0. The van der Waals surface area contributed by atoms with Gasteiger partial charge >= 0.3 is 0 Å². The van der Waals surface area contributed by atoms with Crippen molar-refractivity contribution in [3.05, 3.63) is 88.4 Å². The molecule has 0 saturated carbocycles. The molecule has 0 aliphatic carbocycles. The Morgan fingerprint density at radius 2 is 2.12 bits per heavy atom. The lowest BCUT2D eigenvalue weighted by atomic mass is 10.0. The number of hydrogen-bond acceptors (Lipinski definition) is 4. The first-order chi connectivity index (χ1) is 12.7. The van der Waals surface area contributed by atoms with E-state index in [0.717, 1.165) is 28.0 Å². The van der Waals surface area contributed by atoms with Gasteiger partial charge in [0.2, 0.25) is 0 Å². The van der Waals surface area contributed by atoms with Crippen molar-refractivity contribution >= 4 is 17.3 Å². The van der Waals surface area contributed by atoms with Crippen LogP contribution in [-0.4, -0.2) is 11.6 Å². The number of fused-ring (bicyclic) bond motifs is 1. The maximum absolute atomic E-state index is 12.6. The van der Waals surface area contributed by atoms with E-state index < -0.39 is 0 Å². The Hall–Kier alpha value is -3.65. The van der Waals surface area contributed by atoms with E-state index >= 15 is 0 Å². The fourth-order valence-electron chi connectivity index (χ4n) is 3.09. The number of carbonyl (C=O) groups is 1. The van der Waals surface area contributed by atoms with Crippen LogP contribution in [-0.2, 0) is 6.54 Å². The zero-order valence-corrected chi connectivity index (χ0v) is 14.1. The van der Waals surface area contributed by atoms with Crippen LogP contribution in [0.1, 0.15) is 38.2 Å². The lowest BCUT2D eigenvalue weighted by molar-refractivity contribution is 0.102. The molecule has 5 heteroatoms. The largest absolute Gasteiger partial charge is 0.472 e. The second-order valence-electron chi connectivity index (χ2n) is 6.14. The summed E-state index contributed by atoms with van der Waals surface area (Å²) in [5, 5.41) is 11.9. The van der Waals surface area contributed by atoms with Gasteiger partial charge in [0.15, 0.2) is 0 Å². The maximum Gasteiger partial charge on any atom is 0.255 e. The number of hydrogen-bond donors (Lipinski definition) is 1. The van der Waals surface area contributed by atoms with Crippen LogP contribution in [0.15, 0.2) is 64.4 Å². The summed E-state index contributed by atoms with van der Waals surface area (Å²) in [5.74, 6) is -0.202. The summed E-state index contributed by atoms with van der Waals surface area (Å²) in [7, 11) is 0. The lowest BCUT2D eigenvalue weighted by Crippen LogP contribution is -2.14. The minimum Gasteiger partial charge on any atom is -0.472 e. The predicted octanol–water partition coefficient (Wildman–Crippen LogP) is 4.06. The van der Waals surface area contributed by atoms with Gasteiger partial charge in [-0.1, -0.05) is 6.07 Å². The molecular formula is C21H15N3O2. The molecule has 126 valence electrons. The third-order valence-electron chi connectivity index (χ3n) is 4.43. The maximum atomic E-state index is 12.6. The Morgan fingerprint density at radius 1 is 1.23 bits per heavy atom. The van der Waals surface area contributed by atoms with Crippen molar-refractivity contribution in [1.82, 2.24) is 0 Å². The molecule has 3 aromatic rings. The van der Waals surface area contributed by atoms with Crippen molar-refractivity contribution < 1.29 is 9.21 Å². The molecule has 1 aliphatic rings. The van der Waals surface area contributed by atoms with Crippen molar-refractivity contribution in [3.63, 3.8) is 0 Å². The van der Waals surface area contributed by atoms with Gasteiger partial charge in [0.1, 0.15) is 0 Å². The van der Waals surface area contributed by atoms with Gasteiger partial charge in [-0.05, 0) is 54.4 Å². The molecule has 0 spiro atoms. The fraction of sp³-hybridized carbons (Fsp3) is 0.0952. The summed E-state index contributed by atoms with van der Waals surface area (Å²) in [4.78, 5) is 17.2. The van der Waals surface area contributed by atoms with Crippen molar-refractivity contribution in [2.24, 2.45) is 4.99 Å². The van der Waals surface area contributed by atoms with Gasteiger partial charge in [0.25, 0.3) is 5.91 Å². The molecule has 0 atom stereocenters. The normalized spacial score (nSPS) is 12.2. The number of benzene rings is 2. The zero-order chi connectivity index (χ0) is 18.1. The first-order valence-corrected chi connectivity index (χ1v) is 8.18. The second kappa shape index (κ2) is 6.34. The van der Waals surface area contributed by atoms with Crippen LogP contribution in [0.5, 0.6) is 0 Å². The molecule has 26 heavy (non-hydrogen) atoms. The number of nitriles is 1. The molecule has 2 heterocycles. The van der Waals surface area contributed by atoms with Crippen LogP contribution >= 0.6 is 0 Å². The van der Waals surface area contributed by atoms with Crippen molar-refractivity contribution in [1.29, 1.82) is 5.26 Å². The summed E-state index contributed by atoms with van der Waals surface area (Å²) in [6, 6.07) is 14.8. The van der Waals surface area contributed by atoms with Gasteiger partial charge in [-0.15, -0.1) is 0 Å². The van der Waals surface area contributed by atoms with E-state index in [9.17, 15) is 4.79 Å². The third-order valence-corrected chi connectivity index (χ3v) is 4.43. The SMILES string of the molecule is Cc1cc(C#N)ccc1C(=O)Nc1ccc2c(c1)C(c1ccoc1)=NC2. The Morgan fingerprint density at radius 3 is 2.85 bits per heavy atom. The van der Waals surface area contributed by atoms with Gasteiger partial charge in [-0.3, -0.25) is 9.79 Å².